The number of thioether (sulfide) groups is 1. The number of tetrazole rings is 1. The van der Waals surface area contributed by atoms with Gasteiger partial charge in [-0.25, -0.2) is 0 Å². The van der Waals surface area contributed by atoms with E-state index in [0.29, 0.717) is 10.9 Å². The summed E-state index contributed by atoms with van der Waals surface area (Å²) in [5, 5.41) is 12.9. The van der Waals surface area contributed by atoms with Gasteiger partial charge in [-0.2, -0.15) is 4.68 Å². The van der Waals surface area contributed by atoms with Crippen molar-refractivity contribution in [2.75, 3.05) is 7.11 Å². The molecule has 0 bridgehead atoms. The molecule has 0 saturated carbocycles. The summed E-state index contributed by atoms with van der Waals surface area (Å²) in [6.07, 6.45) is 0. The maximum atomic E-state index is 6.05. The number of methoxy groups -OCH3 is 1. The van der Waals surface area contributed by atoms with Crippen molar-refractivity contribution in [1.82, 2.24) is 20.2 Å². The second kappa shape index (κ2) is 8.79. The van der Waals surface area contributed by atoms with Crippen molar-refractivity contribution in [3.05, 3.63) is 83.9 Å². The highest BCUT2D eigenvalue weighted by molar-refractivity contribution is 7.98. The number of aryl methyl sites for hydroxylation is 1. The summed E-state index contributed by atoms with van der Waals surface area (Å²) in [5.74, 6) is 3.01. The average molecular weight is 404 g/mol. The number of hydrogen-bond donors (Lipinski definition) is 0. The minimum Gasteiger partial charge on any atom is -0.494 e. The van der Waals surface area contributed by atoms with Crippen molar-refractivity contribution in [3.63, 3.8) is 0 Å². The van der Waals surface area contributed by atoms with Crippen LogP contribution in [0.4, 0.5) is 0 Å². The van der Waals surface area contributed by atoms with Crippen molar-refractivity contribution in [2.24, 2.45) is 0 Å². The molecule has 146 valence electrons. The van der Waals surface area contributed by atoms with Gasteiger partial charge in [0.25, 0.3) is 0 Å². The summed E-state index contributed by atoms with van der Waals surface area (Å²) >= 11 is 1.54. The molecule has 0 radical (unpaired) electrons. The van der Waals surface area contributed by atoms with Crippen LogP contribution in [0.15, 0.2) is 78.0 Å². The molecular weight excluding hydrogens is 384 g/mol. The predicted octanol–water partition coefficient (Wildman–Crippen LogP) is 5.06. The molecule has 0 atom stereocenters. The van der Waals surface area contributed by atoms with Gasteiger partial charge in [-0.1, -0.05) is 54.2 Å². The maximum absolute atomic E-state index is 6.05. The lowest BCUT2D eigenvalue weighted by molar-refractivity contribution is 0.410. The molecule has 1 heterocycles. The first-order valence-electron chi connectivity index (χ1n) is 9.11. The lowest BCUT2D eigenvalue weighted by atomic mass is 10.2. The van der Waals surface area contributed by atoms with E-state index in [1.807, 2.05) is 79.7 Å². The molecule has 4 aromatic rings. The summed E-state index contributed by atoms with van der Waals surface area (Å²) in [6.45, 7) is 2.03. The largest absolute Gasteiger partial charge is 0.494 e. The van der Waals surface area contributed by atoms with E-state index in [0.717, 1.165) is 34.1 Å². The van der Waals surface area contributed by atoms with Crippen molar-refractivity contribution in [2.45, 2.75) is 17.8 Å². The Bertz CT molecular complexity index is 1100. The van der Waals surface area contributed by atoms with Gasteiger partial charge in [-0.15, -0.1) is 5.10 Å². The van der Waals surface area contributed by atoms with Crippen molar-refractivity contribution < 1.29 is 9.47 Å². The van der Waals surface area contributed by atoms with Crippen LogP contribution >= 0.6 is 11.8 Å². The van der Waals surface area contributed by atoms with Gasteiger partial charge in [0, 0.05) is 11.3 Å². The Kier molecular flexibility index (Phi) is 5.76. The van der Waals surface area contributed by atoms with Gasteiger partial charge in [0.2, 0.25) is 5.16 Å². The summed E-state index contributed by atoms with van der Waals surface area (Å²) < 4.78 is 13.2. The topological polar surface area (TPSA) is 62.1 Å². The lowest BCUT2D eigenvalue weighted by Crippen LogP contribution is -2.02. The molecule has 1 aromatic heterocycles. The molecule has 4 rings (SSSR count). The van der Waals surface area contributed by atoms with Crippen LogP contribution < -0.4 is 9.47 Å². The molecule has 0 saturated heterocycles. The molecule has 0 amide bonds. The van der Waals surface area contributed by atoms with Crippen LogP contribution in [0.25, 0.3) is 5.69 Å². The molecule has 6 nitrogen and oxygen atoms in total. The molecule has 0 aliphatic carbocycles. The zero-order chi connectivity index (χ0) is 20.1. The summed E-state index contributed by atoms with van der Waals surface area (Å²) in [6, 6.07) is 23.7. The molecule has 0 aliphatic rings. The lowest BCUT2D eigenvalue weighted by Gasteiger charge is -2.12. The van der Waals surface area contributed by atoms with Crippen LogP contribution in [0.1, 0.15) is 11.1 Å². The van der Waals surface area contributed by atoms with Gasteiger partial charge < -0.3 is 9.47 Å². The Hall–Kier alpha value is -3.32. The van der Waals surface area contributed by atoms with Crippen LogP contribution in [0.3, 0.4) is 0 Å². The SMILES string of the molecule is COc1ccc(C)cc1-n1nnnc1SCc1ccccc1Oc1ccccc1. The fourth-order valence-corrected chi connectivity index (χ4v) is 3.74. The third kappa shape index (κ3) is 4.41. The monoisotopic (exact) mass is 404 g/mol. The molecule has 0 unspecified atom stereocenters. The van der Waals surface area contributed by atoms with E-state index in [1.165, 1.54) is 0 Å². The zero-order valence-corrected chi connectivity index (χ0v) is 17.0. The number of rotatable bonds is 7. The van der Waals surface area contributed by atoms with Gasteiger partial charge in [0.05, 0.1) is 7.11 Å². The minimum atomic E-state index is 0.664. The third-order valence-corrected chi connectivity index (χ3v) is 5.27. The maximum Gasteiger partial charge on any atom is 0.214 e. The molecule has 29 heavy (non-hydrogen) atoms. The Morgan fingerprint density at radius 3 is 2.55 bits per heavy atom. The molecule has 3 aromatic carbocycles. The van der Waals surface area contributed by atoms with E-state index < -0.39 is 0 Å². The number of nitrogens with zero attached hydrogens (tertiary/aromatic N) is 4. The van der Waals surface area contributed by atoms with Crippen LogP contribution in [0.5, 0.6) is 17.2 Å². The fraction of sp³-hybridized carbons (Fsp3) is 0.136. The Morgan fingerprint density at radius 2 is 1.72 bits per heavy atom. The third-order valence-electron chi connectivity index (χ3n) is 4.30. The Labute approximate surface area is 173 Å². The second-order valence-electron chi connectivity index (χ2n) is 6.36. The van der Waals surface area contributed by atoms with E-state index in [9.17, 15) is 0 Å². The van der Waals surface area contributed by atoms with Crippen LogP contribution in [0, 0.1) is 6.92 Å². The van der Waals surface area contributed by atoms with Crippen molar-refractivity contribution >= 4 is 11.8 Å². The van der Waals surface area contributed by atoms with E-state index in [1.54, 1.807) is 23.6 Å². The fourth-order valence-electron chi connectivity index (χ4n) is 2.87. The van der Waals surface area contributed by atoms with Crippen molar-refractivity contribution in [1.29, 1.82) is 0 Å². The molecule has 0 fully saturated rings. The quantitative estimate of drug-likeness (QED) is 0.401. The molecular formula is C22H20N4O2S. The van der Waals surface area contributed by atoms with E-state index in [-0.39, 0.29) is 0 Å². The number of hydrogen-bond acceptors (Lipinski definition) is 6. The van der Waals surface area contributed by atoms with Gasteiger partial charge in [-0.3, -0.25) is 0 Å². The van der Waals surface area contributed by atoms with Crippen molar-refractivity contribution in [3.8, 4) is 22.9 Å². The molecule has 0 aliphatic heterocycles. The standard InChI is InChI=1S/C22H20N4O2S/c1-16-12-13-21(27-2)19(14-16)26-22(23-24-25-26)29-15-17-8-6-7-11-20(17)28-18-9-4-3-5-10-18/h3-14H,15H2,1-2H3. The number of benzene rings is 3. The van der Waals surface area contributed by atoms with E-state index in [4.69, 9.17) is 9.47 Å². The number of para-hydroxylation sites is 2. The zero-order valence-electron chi connectivity index (χ0n) is 16.1. The van der Waals surface area contributed by atoms with Crippen LogP contribution in [-0.2, 0) is 5.75 Å². The first-order chi connectivity index (χ1) is 14.2. The highest BCUT2D eigenvalue weighted by Gasteiger charge is 2.15. The number of ether oxygens (including phenoxy) is 2. The highest BCUT2D eigenvalue weighted by atomic mass is 32.2. The Balaban J connectivity index is 1.56. The van der Waals surface area contributed by atoms with E-state index >= 15 is 0 Å². The van der Waals surface area contributed by atoms with Crippen LogP contribution in [0.2, 0.25) is 0 Å². The first-order valence-corrected chi connectivity index (χ1v) is 10.1. The van der Waals surface area contributed by atoms with Gasteiger partial charge in [0.15, 0.2) is 0 Å². The average Bonchev–Trinajstić information content (AvgIpc) is 3.22. The smallest absolute Gasteiger partial charge is 0.214 e. The summed E-state index contributed by atoms with van der Waals surface area (Å²) in [4.78, 5) is 0. The highest BCUT2D eigenvalue weighted by Crippen LogP contribution is 2.32. The molecule has 7 heteroatoms. The van der Waals surface area contributed by atoms with Gasteiger partial charge in [-0.05, 0) is 53.2 Å². The summed E-state index contributed by atoms with van der Waals surface area (Å²) in [5.41, 5.74) is 2.98. The van der Waals surface area contributed by atoms with Gasteiger partial charge in [0.1, 0.15) is 22.9 Å². The Morgan fingerprint density at radius 1 is 0.931 bits per heavy atom. The summed E-state index contributed by atoms with van der Waals surface area (Å²) in [7, 11) is 1.64. The minimum absolute atomic E-state index is 0.664. The van der Waals surface area contributed by atoms with Crippen LogP contribution in [-0.4, -0.2) is 27.3 Å². The molecule has 0 spiro atoms. The first kappa shape index (κ1) is 19.0. The normalized spacial score (nSPS) is 10.7. The van der Waals surface area contributed by atoms with E-state index in [2.05, 4.69) is 15.5 Å². The van der Waals surface area contributed by atoms with Gasteiger partial charge >= 0.3 is 0 Å². The molecule has 0 N–H and O–H groups in total. The number of aromatic nitrogens is 4. The second-order valence-corrected chi connectivity index (χ2v) is 7.30. The predicted molar refractivity (Wildman–Crippen MR) is 113 cm³/mol.